The van der Waals surface area contributed by atoms with Gasteiger partial charge in [-0.15, -0.1) is 0 Å². The molecule has 1 aliphatic rings. The summed E-state index contributed by atoms with van der Waals surface area (Å²) in [7, 11) is 1.56. The molecule has 1 aliphatic heterocycles. The third kappa shape index (κ3) is 3.98. The van der Waals surface area contributed by atoms with Gasteiger partial charge in [-0.3, -0.25) is 14.5 Å². The van der Waals surface area contributed by atoms with E-state index in [2.05, 4.69) is 5.32 Å². The average Bonchev–Trinajstić information content (AvgIpc) is 2.90. The number of methoxy groups -OCH3 is 1. The van der Waals surface area contributed by atoms with Gasteiger partial charge in [0, 0.05) is 11.3 Å². The summed E-state index contributed by atoms with van der Waals surface area (Å²) in [6.07, 6.45) is 1.66. The van der Waals surface area contributed by atoms with Crippen molar-refractivity contribution < 1.29 is 14.3 Å². The number of thioether (sulfide) groups is 1. The van der Waals surface area contributed by atoms with Crippen LogP contribution in [0.3, 0.4) is 0 Å². The Morgan fingerprint density at radius 3 is 2.65 bits per heavy atom. The second-order valence-electron chi connectivity index (χ2n) is 5.32. The molecule has 0 aromatic heterocycles. The molecule has 1 saturated heterocycles. The lowest BCUT2D eigenvalue weighted by molar-refractivity contribution is -0.122. The van der Waals surface area contributed by atoms with Gasteiger partial charge in [-0.25, -0.2) is 0 Å². The van der Waals surface area contributed by atoms with Crippen LogP contribution < -0.4 is 10.1 Å². The highest BCUT2D eigenvalue weighted by atomic mass is 35.5. The minimum atomic E-state index is -0.363. The van der Waals surface area contributed by atoms with Gasteiger partial charge in [-0.1, -0.05) is 41.4 Å². The Balaban J connectivity index is 1.74. The van der Waals surface area contributed by atoms with Crippen molar-refractivity contribution in [2.45, 2.75) is 0 Å². The first-order valence-corrected chi connectivity index (χ1v) is 9.14. The highest BCUT2D eigenvalue weighted by molar-refractivity contribution is 8.18. The SMILES string of the molecule is COc1ccccc1C=C1SC(=O)N(CNc2ccc(Cl)c(Cl)c2)C1=O. The molecule has 2 aromatic rings. The van der Waals surface area contributed by atoms with Crippen molar-refractivity contribution in [3.8, 4) is 5.75 Å². The van der Waals surface area contributed by atoms with Crippen LogP contribution in [0.1, 0.15) is 5.56 Å². The molecule has 0 radical (unpaired) electrons. The Hall–Kier alpha value is -2.15. The maximum Gasteiger partial charge on any atom is 0.295 e. The van der Waals surface area contributed by atoms with E-state index in [1.54, 1.807) is 37.5 Å². The third-order valence-electron chi connectivity index (χ3n) is 3.66. The van der Waals surface area contributed by atoms with Gasteiger partial charge < -0.3 is 10.1 Å². The normalized spacial score (nSPS) is 15.7. The predicted molar refractivity (Wildman–Crippen MR) is 106 cm³/mol. The number of imide groups is 1. The van der Waals surface area contributed by atoms with Crippen LogP contribution in [-0.4, -0.2) is 29.8 Å². The number of rotatable bonds is 5. The number of benzene rings is 2. The van der Waals surface area contributed by atoms with E-state index in [0.717, 1.165) is 22.2 Å². The number of carbonyl (C=O) groups is 2. The van der Waals surface area contributed by atoms with Gasteiger partial charge in [0.05, 0.1) is 28.7 Å². The van der Waals surface area contributed by atoms with Crippen LogP contribution in [-0.2, 0) is 4.79 Å². The first kappa shape index (κ1) is 18.6. The van der Waals surface area contributed by atoms with Crippen LogP contribution in [0.15, 0.2) is 47.4 Å². The van der Waals surface area contributed by atoms with Crippen LogP contribution in [0.2, 0.25) is 10.0 Å². The van der Waals surface area contributed by atoms with E-state index < -0.39 is 0 Å². The lowest BCUT2D eigenvalue weighted by Crippen LogP contribution is -2.33. The first-order valence-electron chi connectivity index (χ1n) is 7.57. The molecule has 1 fully saturated rings. The largest absolute Gasteiger partial charge is 0.496 e. The fraction of sp³-hybridized carbons (Fsp3) is 0.111. The summed E-state index contributed by atoms with van der Waals surface area (Å²) in [5, 5.41) is 3.48. The molecule has 1 N–H and O–H groups in total. The van der Waals surface area contributed by atoms with E-state index in [1.807, 2.05) is 18.2 Å². The molecule has 26 heavy (non-hydrogen) atoms. The highest BCUT2D eigenvalue weighted by Crippen LogP contribution is 2.34. The van der Waals surface area contributed by atoms with Gasteiger partial charge in [0.25, 0.3) is 11.1 Å². The van der Waals surface area contributed by atoms with E-state index in [9.17, 15) is 9.59 Å². The fourth-order valence-corrected chi connectivity index (χ4v) is 3.47. The number of ether oxygens (including phenoxy) is 1. The van der Waals surface area contributed by atoms with Crippen molar-refractivity contribution in [1.82, 2.24) is 4.90 Å². The van der Waals surface area contributed by atoms with Crippen LogP contribution in [0, 0.1) is 0 Å². The van der Waals surface area contributed by atoms with Gasteiger partial charge in [0.1, 0.15) is 5.75 Å². The number of hydrogen-bond acceptors (Lipinski definition) is 5. The molecule has 0 unspecified atom stereocenters. The Morgan fingerprint density at radius 1 is 1.15 bits per heavy atom. The van der Waals surface area contributed by atoms with E-state index >= 15 is 0 Å². The lowest BCUT2D eigenvalue weighted by atomic mass is 10.2. The number of amides is 2. The van der Waals surface area contributed by atoms with E-state index in [-0.39, 0.29) is 17.8 Å². The molecule has 2 amide bonds. The third-order valence-corrected chi connectivity index (χ3v) is 5.31. The molecule has 134 valence electrons. The predicted octanol–water partition coefficient (Wildman–Crippen LogP) is 5.11. The molecule has 3 rings (SSSR count). The van der Waals surface area contributed by atoms with Gasteiger partial charge in [-0.05, 0) is 42.1 Å². The molecule has 0 spiro atoms. The molecule has 5 nitrogen and oxygen atoms in total. The number of halogens is 2. The topological polar surface area (TPSA) is 58.6 Å². The molecular weight excluding hydrogens is 395 g/mol. The van der Waals surface area contributed by atoms with E-state index in [1.165, 1.54) is 0 Å². The van der Waals surface area contributed by atoms with Gasteiger partial charge >= 0.3 is 0 Å². The number of anilines is 1. The van der Waals surface area contributed by atoms with Crippen molar-refractivity contribution in [2.75, 3.05) is 19.1 Å². The van der Waals surface area contributed by atoms with E-state index in [4.69, 9.17) is 27.9 Å². The summed E-state index contributed by atoms with van der Waals surface area (Å²) >= 11 is 12.7. The Labute approximate surface area is 164 Å². The number of para-hydroxylation sites is 1. The maximum absolute atomic E-state index is 12.6. The Bertz CT molecular complexity index is 902. The molecule has 0 aliphatic carbocycles. The molecule has 2 aromatic carbocycles. The zero-order valence-electron chi connectivity index (χ0n) is 13.7. The van der Waals surface area contributed by atoms with Crippen LogP contribution in [0.5, 0.6) is 5.75 Å². The summed E-state index contributed by atoms with van der Waals surface area (Å²) in [4.78, 5) is 26.2. The second-order valence-corrected chi connectivity index (χ2v) is 7.12. The van der Waals surface area contributed by atoms with Crippen molar-refractivity contribution in [1.29, 1.82) is 0 Å². The monoisotopic (exact) mass is 408 g/mol. The smallest absolute Gasteiger partial charge is 0.295 e. The second kappa shape index (κ2) is 8.03. The maximum atomic E-state index is 12.6. The van der Waals surface area contributed by atoms with Crippen molar-refractivity contribution >= 4 is 57.9 Å². The van der Waals surface area contributed by atoms with Gasteiger partial charge in [-0.2, -0.15) is 0 Å². The quantitative estimate of drug-likeness (QED) is 0.696. The number of carbonyl (C=O) groups excluding carboxylic acids is 2. The first-order chi connectivity index (χ1) is 12.5. The van der Waals surface area contributed by atoms with E-state index in [0.29, 0.717) is 26.4 Å². The number of nitrogens with zero attached hydrogens (tertiary/aromatic N) is 1. The Morgan fingerprint density at radius 2 is 1.92 bits per heavy atom. The summed E-state index contributed by atoms with van der Waals surface area (Å²) in [6, 6.07) is 12.3. The summed E-state index contributed by atoms with van der Waals surface area (Å²) in [5.41, 5.74) is 1.39. The molecule has 0 atom stereocenters. The van der Waals surface area contributed by atoms with Gasteiger partial charge in [0.15, 0.2) is 0 Å². The van der Waals surface area contributed by atoms with Crippen molar-refractivity contribution in [3.63, 3.8) is 0 Å². The number of nitrogens with one attached hydrogen (secondary N) is 1. The fourth-order valence-electron chi connectivity index (χ4n) is 2.34. The molecule has 0 bridgehead atoms. The van der Waals surface area contributed by atoms with Crippen LogP contribution in [0.4, 0.5) is 10.5 Å². The van der Waals surface area contributed by atoms with Gasteiger partial charge in [0.2, 0.25) is 0 Å². The van der Waals surface area contributed by atoms with Crippen LogP contribution in [0.25, 0.3) is 6.08 Å². The van der Waals surface area contributed by atoms with Crippen LogP contribution >= 0.6 is 35.0 Å². The zero-order chi connectivity index (χ0) is 18.7. The Kier molecular flexibility index (Phi) is 5.76. The summed E-state index contributed by atoms with van der Waals surface area (Å²) < 4.78 is 5.27. The lowest BCUT2D eigenvalue weighted by Gasteiger charge is -2.14. The van der Waals surface area contributed by atoms with Crippen molar-refractivity contribution in [2.24, 2.45) is 0 Å². The zero-order valence-corrected chi connectivity index (χ0v) is 16.0. The standard InChI is InChI=1S/C18H14Cl2N2O3S/c1-25-15-5-3-2-4-11(15)8-16-17(23)22(18(24)26-16)10-21-12-6-7-13(19)14(20)9-12/h2-9,21H,10H2,1H3. The molecule has 0 saturated carbocycles. The summed E-state index contributed by atoms with van der Waals surface area (Å²) in [5.74, 6) is 0.270. The molecule has 8 heteroatoms. The average molecular weight is 409 g/mol. The minimum Gasteiger partial charge on any atom is -0.496 e. The molecule has 1 heterocycles. The number of hydrogen-bond donors (Lipinski definition) is 1. The summed E-state index contributed by atoms with van der Waals surface area (Å²) in [6.45, 7) is 0.0336. The molecular formula is C18H14Cl2N2O3S. The highest BCUT2D eigenvalue weighted by Gasteiger charge is 2.35. The minimum absolute atomic E-state index is 0.0336. The van der Waals surface area contributed by atoms with Crippen molar-refractivity contribution in [3.05, 3.63) is 63.0 Å².